The van der Waals surface area contributed by atoms with E-state index in [1.807, 2.05) is 0 Å². The van der Waals surface area contributed by atoms with E-state index in [0.717, 1.165) is 0 Å². The minimum atomic E-state index is -0.0529. The molecule has 1 aliphatic carbocycles. The van der Waals surface area contributed by atoms with Gasteiger partial charge in [0.05, 0.1) is 0 Å². The summed E-state index contributed by atoms with van der Waals surface area (Å²) in [6.07, 6.45) is 0. The fourth-order valence-corrected chi connectivity index (χ4v) is 9.40. The minimum Gasteiger partial charge on any atom is -0.0619 e. The first-order chi connectivity index (χ1) is 25.1. The third-order valence-corrected chi connectivity index (χ3v) is 11.8. The summed E-state index contributed by atoms with van der Waals surface area (Å²) in [7, 11) is 0. The smallest absolute Gasteiger partial charge is 0.0159 e. The Hall–Kier alpha value is -6.24. The van der Waals surface area contributed by atoms with Crippen LogP contribution in [0.5, 0.6) is 0 Å². The van der Waals surface area contributed by atoms with Crippen molar-refractivity contribution < 1.29 is 0 Å². The van der Waals surface area contributed by atoms with Crippen LogP contribution >= 0.6 is 0 Å². The molecule has 0 aliphatic heterocycles. The van der Waals surface area contributed by atoms with E-state index < -0.39 is 0 Å². The molecule has 238 valence electrons. The highest BCUT2D eigenvalue weighted by Gasteiger charge is 2.35. The van der Waals surface area contributed by atoms with E-state index in [0.29, 0.717) is 0 Å². The first-order valence-electron chi connectivity index (χ1n) is 18.0. The molecule has 0 nitrogen and oxygen atoms in total. The standard InChI is InChI=1S/C51H34/c1-51(2)47-22-12-11-17-38(47)46-29-44-36-16-6-5-15-35(36)43-28-34(25-26-37(43)45(44)30-48(46)51)50-41-20-9-7-18-39(41)49(40-19-8-10-21-42(40)50)33-24-23-31-13-3-4-14-32(31)27-33/h3-30H,1-2H3. The normalized spacial score (nSPS) is 13.5. The lowest BCUT2D eigenvalue weighted by Gasteiger charge is -2.22. The Labute approximate surface area is 297 Å². The molecule has 1 aliphatic rings. The van der Waals surface area contributed by atoms with Gasteiger partial charge < -0.3 is 0 Å². The molecule has 0 bridgehead atoms. The predicted molar refractivity (Wildman–Crippen MR) is 220 cm³/mol. The molecule has 10 aromatic rings. The lowest BCUT2D eigenvalue weighted by molar-refractivity contribution is 0.661. The molecule has 51 heavy (non-hydrogen) atoms. The van der Waals surface area contributed by atoms with E-state index in [4.69, 9.17) is 0 Å². The van der Waals surface area contributed by atoms with E-state index in [9.17, 15) is 0 Å². The molecule has 0 aromatic heterocycles. The highest BCUT2D eigenvalue weighted by Crippen LogP contribution is 2.52. The van der Waals surface area contributed by atoms with Gasteiger partial charge in [-0.1, -0.05) is 159 Å². The van der Waals surface area contributed by atoms with Gasteiger partial charge in [-0.2, -0.15) is 0 Å². The first-order valence-corrected chi connectivity index (χ1v) is 18.0. The Balaban J connectivity index is 1.21. The molecule has 0 spiro atoms. The van der Waals surface area contributed by atoms with Crippen molar-refractivity contribution in [1.29, 1.82) is 0 Å². The monoisotopic (exact) mass is 646 g/mol. The van der Waals surface area contributed by atoms with Crippen LogP contribution in [0.2, 0.25) is 0 Å². The maximum atomic E-state index is 2.50. The molecule has 10 aromatic carbocycles. The van der Waals surface area contributed by atoms with Crippen LogP contribution in [0.4, 0.5) is 0 Å². The van der Waals surface area contributed by atoms with Gasteiger partial charge in [0.2, 0.25) is 0 Å². The molecular formula is C51H34. The Bertz CT molecular complexity index is 3050. The maximum absolute atomic E-state index is 2.50. The van der Waals surface area contributed by atoms with Crippen molar-refractivity contribution in [3.63, 3.8) is 0 Å². The molecule has 11 rings (SSSR count). The van der Waals surface area contributed by atoms with Crippen LogP contribution in [0.15, 0.2) is 170 Å². The highest BCUT2D eigenvalue weighted by atomic mass is 14.4. The van der Waals surface area contributed by atoms with Crippen molar-refractivity contribution in [2.75, 3.05) is 0 Å². The summed E-state index contributed by atoms with van der Waals surface area (Å²) in [6.45, 7) is 4.76. The summed E-state index contributed by atoms with van der Waals surface area (Å²) in [6, 6.07) is 63.7. The van der Waals surface area contributed by atoms with Gasteiger partial charge in [0.15, 0.2) is 0 Å². The average molecular weight is 647 g/mol. The molecule has 0 heterocycles. The van der Waals surface area contributed by atoms with Crippen LogP contribution in [0.1, 0.15) is 25.0 Å². The second-order valence-corrected chi connectivity index (χ2v) is 14.8. The SMILES string of the molecule is CC1(C)c2ccccc2-c2cc3c4ccccc4c4cc(-c5c6ccccc6c(-c6ccc7ccccc7c6)c6ccccc56)ccc4c3cc21. The topological polar surface area (TPSA) is 0 Å². The number of fused-ring (bicyclic) bond motifs is 12. The number of benzene rings is 10. The second kappa shape index (κ2) is 10.4. The van der Waals surface area contributed by atoms with Gasteiger partial charge in [0.1, 0.15) is 0 Å². The van der Waals surface area contributed by atoms with Crippen molar-refractivity contribution in [3.8, 4) is 33.4 Å². The summed E-state index contributed by atoms with van der Waals surface area (Å²) >= 11 is 0. The van der Waals surface area contributed by atoms with Crippen LogP contribution in [0, 0.1) is 0 Å². The zero-order chi connectivity index (χ0) is 33.8. The van der Waals surface area contributed by atoms with E-state index in [-0.39, 0.29) is 5.41 Å². The summed E-state index contributed by atoms with van der Waals surface area (Å²) in [4.78, 5) is 0. The molecule has 0 unspecified atom stereocenters. The van der Waals surface area contributed by atoms with Crippen molar-refractivity contribution in [2.45, 2.75) is 19.3 Å². The second-order valence-electron chi connectivity index (χ2n) is 14.8. The number of rotatable bonds is 2. The molecule has 0 N–H and O–H groups in total. The fourth-order valence-electron chi connectivity index (χ4n) is 9.40. The van der Waals surface area contributed by atoms with Crippen LogP contribution in [-0.2, 0) is 5.41 Å². The average Bonchev–Trinajstić information content (AvgIpc) is 3.41. The lowest BCUT2D eigenvalue weighted by atomic mass is 9.81. The third-order valence-electron chi connectivity index (χ3n) is 11.8. The van der Waals surface area contributed by atoms with Gasteiger partial charge in [0.25, 0.3) is 0 Å². The Morgan fingerprint density at radius 2 is 0.765 bits per heavy atom. The van der Waals surface area contributed by atoms with Crippen molar-refractivity contribution in [2.24, 2.45) is 0 Å². The Kier molecular flexibility index (Phi) is 5.82. The first kappa shape index (κ1) is 28.6. The predicted octanol–water partition coefficient (Wildman–Crippen LogP) is 14.2. The fraction of sp³-hybridized carbons (Fsp3) is 0.0588. The molecule has 0 heteroatoms. The minimum absolute atomic E-state index is 0.0529. The zero-order valence-corrected chi connectivity index (χ0v) is 28.7. The summed E-state index contributed by atoms with van der Waals surface area (Å²) in [5.74, 6) is 0. The van der Waals surface area contributed by atoms with E-state index >= 15 is 0 Å². The quantitative estimate of drug-likeness (QED) is 0.129. The third kappa shape index (κ3) is 3.96. The largest absolute Gasteiger partial charge is 0.0619 e. The molecular weight excluding hydrogens is 613 g/mol. The molecule has 0 atom stereocenters. The zero-order valence-electron chi connectivity index (χ0n) is 28.7. The molecule has 0 radical (unpaired) electrons. The van der Waals surface area contributed by atoms with Gasteiger partial charge in [-0.05, 0) is 133 Å². The van der Waals surface area contributed by atoms with E-state index in [2.05, 4.69) is 184 Å². The van der Waals surface area contributed by atoms with Gasteiger partial charge in [-0.3, -0.25) is 0 Å². The molecule has 0 saturated heterocycles. The van der Waals surface area contributed by atoms with Crippen LogP contribution in [-0.4, -0.2) is 0 Å². The van der Waals surface area contributed by atoms with E-state index in [1.165, 1.54) is 109 Å². The summed E-state index contributed by atoms with van der Waals surface area (Å²) < 4.78 is 0. The highest BCUT2D eigenvalue weighted by molar-refractivity contribution is 6.28. The Morgan fingerprint density at radius 3 is 1.43 bits per heavy atom. The summed E-state index contributed by atoms with van der Waals surface area (Å²) in [5, 5.41) is 15.5. The van der Waals surface area contributed by atoms with Crippen LogP contribution in [0.3, 0.4) is 0 Å². The Morgan fingerprint density at radius 1 is 0.294 bits per heavy atom. The van der Waals surface area contributed by atoms with Crippen molar-refractivity contribution in [1.82, 2.24) is 0 Å². The lowest BCUT2D eigenvalue weighted by Crippen LogP contribution is -2.14. The van der Waals surface area contributed by atoms with Crippen LogP contribution < -0.4 is 0 Å². The summed E-state index contributed by atoms with van der Waals surface area (Å²) in [5.41, 5.74) is 10.6. The van der Waals surface area contributed by atoms with Crippen LogP contribution in [0.25, 0.3) is 98.0 Å². The van der Waals surface area contributed by atoms with Gasteiger partial charge in [-0.15, -0.1) is 0 Å². The van der Waals surface area contributed by atoms with Crippen molar-refractivity contribution in [3.05, 3.63) is 181 Å². The van der Waals surface area contributed by atoms with Gasteiger partial charge >= 0.3 is 0 Å². The van der Waals surface area contributed by atoms with Gasteiger partial charge in [0, 0.05) is 5.41 Å². The van der Waals surface area contributed by atoms with Gasteiger partial charge in [-0.25, -0.2) is 0 Å². The van der Waals surface area contributed by atoms with Crippen molar-refractivity contribution >= 4 is 64.6 Å². The maximum Gasteiger partial charge on any atom is 0.0159 e. The molecule has 0 amide bonds. The molecule has 0 saturated carbocycles. The number of hydrogen-bond donors (Lipinski definition) is 0. The molecule has 0 fully saturated rings. The number of hydrogen-bond acceptors (Lipinski definition) is 0. The van der Waals surface area contributed by atoms with E-state index in [1.54, 1.807) is 0 Å².